The van der Waals surface area contributed by atoms with Crippen LogP contribution in [0.4, 0.5) is 0 Å². The summed E-state index contributed by atoms with van der Waals surface area (Å²) in [6.45, 7) is 0. The van der Waals surface area contributed by atoms with Gasteiger partial charge in [0.15, 0.2) is 5.78 Å². The lowest BCUT2D eigenvalue weighted by atomic mass is 9.95. The van der Waals surface area contributed by atoms with Gasteiger partial charge in [0.2, 0.25) is 0 Å². The van der Waals surface area contributed by atoms with Crippen LogP contribution in [0.1, 0.15) is 5.56 Å². The Labute approximate surface area is 108 Å². The number of hydrogen-bond donors (Lipinski definition) is 1. The molecule has 2 aliphatic rings. The molecule has 0 bridgehead atoms. The monoisotopic (exact) mass is 262 g/mol. The molecule has 1 aliphatic carbocycles. The minimum Gasteiger partial charge on any atom is -0.329 e. The average Bonchev–Trinajstić information content (AvgIpc) is 2.37. The molecule has 0 radical (unpaired) electrons. The van der Waals surface area contributed by atoms with Gasteiger partial charge in [0.05, 0.1) is 0 Å². The zero-order valence-corrected chi connectivity index (χ0v) is 10.6. The van der Waals surface area contributed by atoms with E-state index in [1.807, 2.05) is 18.2 Å². The molecule has 86 valence electrons. The van der Waals surface area contributed by atoms with Gasteiger partial charge < -0.3 is 4.55 Å². The Hall–Kier alpha value is -0.970. The Morgan fingerprint density at radius 2 is 2.18 bits per heavy atom. The minimum absolute atomic E-state index is 0.0389. The molecule has 1 aliphatic heterocycles. The number of rotatable bonds is 1. The van der Waals surface area contributed by atoms with Crippen molar-refractivity contribution in [3.05, 3.63) is 52.5 Å². The first kappa shape index (κ1) is 11.1. The van der Waals surface area contributed by atoms with Crippen LogP contribution in [0.25, 0.3) is 0 Å². The van der Waals surface area contributed by atoms with E-state index in [1.165, 1.54) is 10.5 Å². The van der Waals surface area contributed by atoms with Crippen LogP contribution in [0.5, 0.6) is 0 Å². The summed E-state index contributed by atoms with van der Waals surface area (Å²) >= 11 is 2.25. The molecule has 0 fully saturated rings. The van der Waals surface area contributed by atoms with Gasteiger partial charge in [0, 0.05) is 33.8 Å². The first-order valence-electron chi connectivity index (χ1n) is 5.31. The Bertz CT molecular complexity index is 546. The zero-order valence-electron chi connectivity index (χ0n) is 8.92. The minimum atomic E-state index is -0.431. The van der Waals surface area contributed by atoms with Gasteiger partial charge in [-0.25, -0.2) is 0 Å². The van der Waals surface area contributed by atoms with Crippen LogP contribution in [0.15, 0.2) is 51.8 Å². The highest BCUT2D eigenvalue weighted by Crippen LogP contribution is 2.41. The lowest BCUT2D eigenvalue weighted by Gasteiger charge is -2.24. The van der Waals surface area contributed by atoms with Crippen molar-refractivity contribution in [2.45, 2.75) is 16.6 Å². The van der Waals surface area contributed by atoms with Gasteiger partial charge >= 0.3 is 0 Å². The highest BCUT2D eigenvalue weighted by atomic mass is 32.2. The van der Waals surface area contributed by atoms with Crippen molar-refractivity contribution in [2.24, 2.45) is 0 Å². The van der Waals surface area contributed by atoms with Crippen LogP contribution >= 0.6 is 23.8 Å². The van der Waals surface area contributed by atoms with E-state index in [1.54, 1.807) is 17.8 Å². The van der Waals surface area contributed by atoms with Crippen molar-refractivity contribution < 1.29 is 9.35 Å². The molecule has 0 aromatic heterocycles. The predicted octanol–water partition coefficient (Wildman–Crippen LogP) is 3.30. The average molecular weight is 262 g/mol. The Morgan fingerprint density at radius 1 is 1.35 bits per heavy atom. The Morgan fingerprint density at radius 3 is 3.00 bits per heavy atom. The molecule has 0 saturated carbocycles. The maximum absolute atomic E-state index is 12.1. The molecule has 1 aromatic carbocycles. The lowest BCUT2D eigenvalue weighted by molar-refractivity contribution is -0.114. The third-order valence-corrected chi connectivity index (χ3v) is 4.77. The number of hydrogen-bond acceptors (Lipinski definition) is 4. The van der Waals surface area contributed by atoms with Crippen molar-refractivity contribution in [2.75, 3.05) is 0 Å². The number of thioether (sulfide) groups is 1. The van der Waals surface area contributed by atoms with Crippen LogP contribution in [-0.4, -0.2) is 15.6 Å². The molecule has 17 heavy (non-hydrogen) atoms. The molecule has 1 unspecified atom stereocenters. The number of benzene rings is 1. The van der Waals surface area contributed by atoms with Crippen LogP contribution in [-0.2, 0) is 11.2 Å². The molecule has 3 rings (SSSR count). The normalized spacial score (nSPS) is 22.4. The zero-order chi connectivity index (χ0) is 11.8. The molecule has 0 amide bonds. The van der Waals surface area contributed by atoms with Crippen LogP contribution in [0, 0.1) is 0 Å². The third-order valence-electron chi connectivity index (χ3n) is 2.95. The largest absolute Gasteiger partial charge is 0.329 e. The number of Topliss-reactive ketones (excluding diaryl/α,β-unsaturated/α-hetero) is 1. The first-order valence-corrected chi connectivity index (χ1v) is 6.96. The van der Waals surface area contributed by atoms with E-state index in [9.17, 15) is 4.79 Å². The molecular weight excluding hydrogens is 252 g/mol. The van der Waals surface area contributed by atoms with E-state index in [-0.39, 0.29) is 5.78 Å². The van der Waals surface area contributed by atoms with Crippen molar-refractivity contribution in [1.82, 2.24) is 0 Å². The molecule has 1 heterocycles. The van der Waals surface area contributed by atoms with Crippen molar-refractivity contribution in [3.63, 3.8) is 0 Å². The Kier molecular flexibility index (Phi) is 2.86. The van der Waals surface area contributed by atoms with Crippen molar-refractivity contribution in [3.8, 4) is 0 Å². The molecule has 1 N–H and O–H groups in total. The van der Waals surface area contributed by atoms with Crippen LogP contribution in [0.2, 0.25) is 0 Å². The smallest absolute Gasteiger partial charge is 0.179 e. The maximum Gasteiger partial charge on any atom is 0.179 e. The van der Waals surface area contributed by atoms with E-state index < -0.39 is 5.25 Å². The van der Waals surface area contributed by atoms with Crippen LogP contribution < -0.4 is 0 Å². The number of ketones is 1. The fraction of sp³-hybridized carbons (Fsp3) is 0.154. The van der Waals surface area contributed by atoms with Gasteiger partial charge in [-0.3, -0.25) is 4.79 Å². The standard InChI is InChI=1S/C13H10O2S2/c14-13-9-7-8-3-1-2-4-10(8)16-11(9)5-6-12(13)17-15/h1-6,12,15H,7H2. The molecule has 4 heteroatoms. The van der Waals surface area contributed by atoms with Gasteiger partial charge in [-0.2, -0.15) is 0 Å². The first-order chi connectivity index (χ1) is 8.29. The summed E-state index contributed by atoms with van der Waals surface area (Å²) in [5.41, 5.74) is 2.03. The predicted molar refractivity (Wildman–Crippen MR) is 71.2 cm³/mol. The van der Waals surface area contributed by atoms with E-state index in [0.717, 1.165) is 10.5 Å². The van der Waals surface area contributed by atoms with Crippen molar-refractivity contribution >= 4 is 29.6 Å². The molecular formula is C13H10O2S2. The molecule has 2 nitrogen and oxygen atoms in total. The van der Waals surface area contributed by atoms with E-state index >= 15 is 0 Å². The SMILES string of the molecule is O=C1C2=C(C=CC1SO)Sc1ccccc1C2. The van der Waals surface area contributed by atoms with Crippen LogP contribution in [0.3, 0.4) is 0 Å². The van der Waals surface area contributed by atoms with Gasteiger partial charge in [-0.15, -0.1) is 0 Å². The summed E-state index contributed by atoms with van der Waals surface area (Å²) in [6.07, 6.45) is 4.40. The second kappa shape index (κ2) is 4.37. The van der Waals surface area contributed by atoms with Gasteiger partial charge in [0.1, 0.15) is 5.25 Å². The highest BCUT2D eigenvalue weighted by molar-refractivity contribution is 8.03. The Balaban J connectivity index is 2.00. The quantitative estimate of drug-likeness (QED) is 0.788. The fourth-order valence-corrected chi connectivity index (χ4v) is 3.55. The number of carbonyl (C=O) groups excluding carboxylic acids is 1. The lowest BCUT2D eigenvalue weighted by Crippen LogP contribution is -2.23. The van der Waals surface area contributed by atoms with E-state index in [4.69, 9.17) is 4.55 Å². The van der Waals surface area contributed by atoms with Crippen molar-refractivity contribution in [1.29, 1.82) is 0 Å². The summed E-state index contributed by atoms with van der Waals surface area (Å²) in [5.74, 6) is 0.0389. The summed E-state index contributed by atoms with van der Waals surface area (Å²) in [4.78, 5) is 14.3. The van der Waals surface area contributed by atoms with Gasteiger partial charge in [0.25, 0.3) is 0 Å². The molecule has 0 saturated heterocycles. The maximum atomic E-state index is 12.1. The third kappa shape index (κ3) is 1.86. The summed E-state index contributed by atoms with van der Waals surface area (Å²) in [5, 5.41) is -0.431. The van der Waals surface area contributed by atoms with E-state index in [2.05, 4.69) is 12.1 Å². The van der Waals surface area contributed by atoms with Gasteiger partial charge in [-0.05, 0) is 11.6 Å². The summed E-state index contributed by atoms with van der Waals surface area (Å²) < 4.78 is 9.06. The number of carbonyl (C=O) groups is 1. The van der Waals surface area contributed by atoms with E-state index in [0.29, 0.717) is 18.5 Å². The fourth-order valence-electron chi connectivity index (χ4n) is 2.07. The van der Waals surface area contributed by atoms with Gasteiger partial charge in [-0.1, -0.05) is 42.1 Å². The number of fused-ring (bicyclic) bond motifs is 1. The molecule has 0 spiro atoms. The number of allylic oxidation sites excluding steroid dienone is 2. The highest BCUT2D eigenvalue weighted by Gasteiger charge is 2.29. The second-order valence-electron chi connectivity index (χ2n) is 3.98. The molecule has 1 aromatic rings. The molecule has 1 atom stereocenters. The second-order valence-corrected chi connectivity index (χ2v) is 5.78. The summed E-state index contributed by atoms with van der Waals surface area (Å²) in [7, 11) is 0. The summed E-state index contributed by atoms with van der Waals surface area (Å²) in [6, 6.07) is 8.14. The topological polar surface area (TPSA) is 37.3 Å².